The summed E-state index contributed by atoms with van der Waals surface area (Å²) in [5.74, 6) is 0.406. The number of hydrogen-bond acceptors (Lipinski definition) is 10. The van der Waals surface area contributed by atoms with Gasteiger partial charge >= 0.3 is 5.97 Å². The fourth-order valence-electron chi connectivity index (χ4n) is 5.20. The number of aromatic amines is 1. The summed E-state index contributed by atoms with van der Waals surface area (Å²) in [6.07, 6.45) is 4.83. The normalized spacial score (nSPS) is 15.4. The number of H-pyrrole nitrogens is 1. The molecule has 2 aromatic carbocycles. The van der Waals surface area contributed by atoms with Gasteiger partial charge in [-0.2, -0.15) is 5.21 Å². The number of ether oxygens (including phenoxy) is 1. The van der Waals surface area contributed by atoms with E-state index in [1.165, 1.54) is 5.01 Å². The van der Waals surface area contributed by atoms with E-state index in [0.29, 0.717) is 37.6 Å². The molecule has 3 heterocycles. The van der Waals surface area contributed by atoms with E-state index in [4.69, 9.17) is 21.2 Å². The Morgan fingerprint density at radius 2 is 2.00 bits per heavy atom. The first kappa shape index (κ1) is 30.9. The quantitative estimate of drug-likeness (QED) is 0.0538. The minimum atomic E-state index is -0.755. The molecule has 232 valence electrons. The van der Waals surface area contributed by atoms with Gasteiger partial charge < -0.3 is 24.5 Å². The Kier molecular flexibility index (Phi) is 10.4. The summed E-state index contributed by atoms with van der Waals surface area (Å²) in [4.78, 5) is 22.9. The molecule has 14 nitrogen and oxygen atoms in total. The van der Waals surface area contributed by atoms with Crippen molar-refractivity contribution in [3.8, 4) is 22.5 Å². The van der Waals surface area contributed by atoms with Crippen molar-refractivity contribution in [2.45, 2.75) is 58.0 Å². The molecule has 44 heavy (non-hydrogen) atoms. The van der Waals surface area contributed by atoms with Crippen molar-refractivity contribution in [1.82, 2.24) is 35.2 Å². The van der Waals surface area contributed by atoms with Crippen molar-refractivity contribution >= 4 is 17.6 Å². The summed E-state index contributed by atoms with van der Waals surface area (Å²) >= 11 is 6.45. The Labute approximate surface area is 258 Å². The third-order valence-corrected chi connectivity index (χ3v) is 7.73. The number of nitrogens with one attached hydrogen (secondary N) is 1. The second kappa shape index (κ2) is 14.8. The Balaban J connectivity index is 1.30. The molecule has 1 aliphatic heterocycles. The molecule has 1 aliphatic rings. The van der Waals surface area contributed by atoms with E-state index in [9.17, 15) is 15.1 Å². The number of tetrazole rings is 1. The fraction of sp³-hybridized carbons (Fsp3) is 0.414. The van der Waals surface area contributed by atoms with Crippen LogP contribution in [0.15, 0.2) is 53.8 Å². The number of halogens is 1. The third kappa shape index (κ3) is 7.14. The predicted octanol–water partition coefficient (Wildman–Crippen LogP) is 4.54. The maximum atomic E-state index is 13.2. The molecule has 1 saturated heterocycles. The first-order valence-electron chi connectivity index (χ1n) is 14.5. The molecule has 5 rings (SSSR count). The fourth-order valence-corrected chi connectivity index (χ4v) is 5.48. The molecule has 1 atom stereocenters. The van der Waals surface area contributed by atoms with Gasteiger partial charge in [-0.3, -0.25) is 0 Å². The number of aromatic nitrogens is 6. The highest BCUT2D eigenvalue weighted by molar-refractivity contribution is 6.32. The average Bonchev–Trinajstić information content (AvgIpc) is 3.70. The minimum Gasteiger partial charge on any atom is -0.569 e. The zero-order chi connectivity index (χ0) is 30.9. The monoisotopic (exact) mass is 623 g/mol. The Hall–Kier alpha value is -4.56. The molecule has 0 spiro atoms. The summed E-state index contributed by atoms with van der Waals surface area (Å²) < 4.78 is 7.02. The van der Waals surface area contributed by atoms with Gasteiger partial charge in [0.1, 0.15) is 11.9 Å². The van der Waals surface area contributed by atoms with Gasteiger partial charge in [0.15, 0.2) is 10.8 Å². The largest absolute Gasteiger partial charge is 0.569 e. The number of hydrazine groups is 1. The molecule has 0 bridgehead atoms. The van der Waals surface area contributed by atoms with Gasteiger partial charge in [0.25, 0.3) is 6.79 Å². The van der Waals surface area contributed by atoms with Crippen molar-refractivity contribution in [2.24, 2.45) is 5.28 Å². The maximum Gasteiger partial charge on any atom is 0.361 e. The van der Waals surface area contributed by atoms with Crippen LogP contribution >= 0.6 is 11.6 Å². The molecule has 1 unspecified atom stereocenters. The zero-order valence-corrected chi connectivity index (χ0v) is 25.1. The lowest BCUT2D eigenvalue weighted by molar-refractivity contribution is -0.721. The number of carbonyl (C=O) groups excluding carboxylic acids is 1. The number of rotatable bonds is 13. The molecular formula is C29H34ClN9O5. The van der Waals surface area contributed by atoms with Crippen LogP contribution in [-0.4, -0.2) is 77.2 Å². The van der Waals surface area contributed by atoms with E-state index in [2.05, 4.69) is 37.8 Å². The third-order valence-electron chi connectivity index (χ3n) is 7.47. The molecule has 1 fully saturated rings. The van der Waals surface area contributed by atoms with Crippen molar-refractivity contribution in [3.63, 3.8) is 0 Å². The number of aliphatic hydroxyl groups excluding tert-OH is 1. The van der Waals surface area contributed by atoms with E-state index in [-0.39, 0.29) is 28.5 Å². The first-order valence-corrected chi connectivity index (χ1v) is 14.9. The van der Waals surface area contributed by atoms with Gasteiger partial charge in [0, 0.05) is 18.5 Å². The predicted molar refractivity (Wildman–Crippen MR) is 159 cm³/mol. The van der Waals surface area contributed by atoms with Crippen LogP contribution < -0.4 is 0 Å². The van der Waals surface area contributed by atoms with Crippen LogP contribution in [0.3, 0.4) is 0 Å². The second-order valence-corrected chi connectivity index (χ2v) is 10.7. The molecule has 15 heteroatoms. The first-order chi connectivity index (χ1) is 21.5. The molecule has 2 aromatic heterocycles. The number of aryl methyl sites for hydroxylation is 1. The van der Waals surface area contributed by atoms with Gasteiger partial charge in [-0.05, 0) is 47.6 Å². The molecule has 0 radical (unpaired) electrons. The van der Waals surface area contributed by atoms with Crippen LogP contribution in [0.2, 0.25) is 5.15 Å². The van der Waals surface area contributed by atoms with Crippen LogP contribution in [0, 0.1) is 5.21 Å². The van der Waals surface area contributed by atoms with E-state index >= 15 is 0 Å². The van der Waals surface area contributed by atoms with E-state index in [0.717, 1.165) is 47.9 Å². The number of esters is 1. The van der Waals surface area contributed by atoms with Gasteiger partial charge in [-0.25, -0.2) is 9.78 Å². The highest BCUT2D eigenvalue weighted by Gasteiger charge is 2.28. The number of carbonyl (C=O) groups is 1. The summed E-state index contributed by atoms with van der Waals surface area (Å²) in [5, 5.41) is 41.1. The second-order valence-electron chi connectivity index (χ2n) is 10.3. The number of hydrogen-bond donors (Lipinski definition) is 2. The number of imidazole rings is 1. The van der Waals surface area contributed by atoms with E-state index in [1.807, 2.05) is 48.5 Å². The van der Waals surface area contributed by atoms with Gasteiger partial charge in [0.05, 0.1) is 18.1 Å². The summed E-state index contributed by atoms with van der Waals surface area (Å²) in [7, 11) is 0. The number of nitrogens with zero attached hydrogens (tertiary/aromatic N) is 8. The highest BCUT2D eigenvalue weighted by Crippen LogP contribution is 2.30. The lowest BCUT2D eigenvalue weighted by Crippen LogP contribution is -2.45. The summed E-state index contributed by atoms with van der Waals surface area (Å²) in [5.41, 5.74) is 3.77. The van der Waals surface area contributed by atoms with Crippen LogP contribution in [0.1, 0.15) is 60.9 Å². The molecule has 2 N–H and O–H groups in total. The van der Waals surface area contributed by atoms with Crippen LogP contribution in [0.25, 0.3) is 22.5 Å². The molecule has 4 aromatic rings. The van der Waals surface area contributed by atoms with Crippen molar-refractivity contribution in [1.29, 1.82) is 0 Å². The van der Waals surface area contributed by atoms with Crippen molar-refractivity contribution in [2.75, 3.05) is 19.9 Å². The standard InChI is InChI=1S/C29H34ClN9O5/c1-2-3-11-25-31-27(30)26(29(41)43-19-44-36-39(42)38-16-7-6-8-22(38)18-40)37(25)17-20-12-14-21(15-13-20)23-9-4-5-10-24(23)28-32-34-35-33-28/h4-5,9-10,12-15,22,40H,2-3,6-8,11,16-19H2,1H3,(H,32,33,34,35)/b39-36-. The Morgan fingerprint density at radius 1 is 1.20 bits per heavy atom. The van der Waals surface area contributed by atoms with Crippen LogP contribution in [0.5, 0.6) is 0 Å². The summed E-state index contributed by atoms with van der Waals surface area (Å²) in [6.45, 7) is 2.08. The molecular weight excluding hydrogens is 590 g/mol. The van der Waals surface area contributed by atoms with E-state index < -0.39 is 12.8 Å². The lowest BCUT2D eigenvalue weighted by Gasteiger charge is -2.29. The number of piperidine rings is 1. The topological polar surface area (TPSA) is 170 Å². The van der Waals surface area contributed by atoms with Crippen molar-refractivity contribution < 1.29 is 24.4 Å². The smallest absolute Gasteiger partial charge is 0.361 e. The lowest BCUT2D eigenvalue weighted by atomic mass is 9.98. The van der Waals surface area contributed by atoms with Crippen LogP contribution in [0.4, 0.5) is 0 Å². The Morgan fingerprint density at radius 3 is 2.73 bits per heavy atom. The van der Waals surface area contributed by atoms with Crippen LogP contribution in [-0.2, 0) is 22.5 Å². The van der Waals surface area contributed by atoms with Crippen molar-refractivity contribution in [3.05, 3.63) is 76.0 Å². The molecule has 0 amide bonds. The zero-order valence-electron chi connectivity index (χ0n) is 24.3. The molecule has 0 aliphatic carbocycles. The van der Waals surface area contributed by atoms with E-state index in [1.54, 1.807) is 4.57 Å². The van der Waals surface area contributed by atoms with Gasteiger partial charge in [-0.1, -0.05) is 73.5 Å². The maximum absolute atomic E-state index is 13.2. The number of benzene rings is 2. The summed E-state index contributed by atoms with van der Waals surface area (Å²) in [6, 6.07) is 15.4. The Bertz CT molecular complexity index is 1560. The number of aliphatic hydroxyl groups is 1. The molecule has 0 saturated carbocycles. The number of unbranched alkanes of at least 4 members (excludes halogenated alkanes) is 1. The average molecular weight is 624 g/mol. The highest BCUT2D eigenvalue weighted by atomic mass is 35.5. The SMILES string of the molecule is CCCCc1nc(Cl)c(C(=O)OCO/N=[N+](\[O-])N2CCCCC2CO)n1Cc1ccc(-c2ccccc2-c2nn[nH]n2)cc1. The van der Waals surface area contributed by atoms with Gasteiger partial charge in [0.2, 0.25) is 11.1 Å². The van der Waals surface area contributed by atoms with Gasteiger partial charge in [-0.15, -0.1) is 15.2 Å². The minimum absolute atomic E-state index is 0.0215.